The van der Waals surface area contributed by atoms with Crippen molar-refractivity contribution >= 4 is 27.3 Å². The number of amides is 2. The normalized spacial score (nSPS) is 11.4. The first kappa shape index (κ1) is 23.2. The van der Waals surface area contributed by atoms with E-state index in [-0.39, 0.29) is 17.2 Å². The first-order valence-corrected chi connectivity index (χ1v) is 10.5. The highest BCUT2D eigenvalue weighted by Gasteiger charge is 2.31. The van der Waals surface area contributed by atoms with Crippen LogP contribution in [0.1, 0.15) is 34.6 Å². The van der Waals surface area contributed by atoms with Crippen molar-refractivity contribution in [3.05, 3.63) is 58.0 Å². The summed E-state index contributed by atoms with van der Waals surface area (Å²) in [5.74, 6) is -5.15. The van der Waals surface area contributed by atoms with Crippen molar-refractivity contribution in [1.82, 2.24) is 9.47 Å². The van der Waals surface area contributed by atoms with Gasteiger partial charge in [-0.05, 0) is 32.0 Å². The van der Waals surface area contributed by atoms with Crippen LogP contribution in [0.25, 0.3) is 0 Å². The van der Waals surface area contributed by atoms with E-state index < -0.39 is 37.5 Å². The number of nitrogens with one attached hydrogen (secondary N) is 1. The number of halogens is 2. The van der Waals surface area contributed by atoms with Gasteiger partial charge in [-0.25, -0.2) is 8.42 Å². The molecule has 0 aliphatic heterocycles. The first-order valence-electron chi connectivity index (χ1n) is 8.96. The van der Waals surface area contributed by atoms with Gasteiger partial charge in [0.1, 0.15) is 5.69 Å². The molecule has 2 rings (SSSR count). The third kappa shape index (κ3) is 4.56. The first-order chi connectivity index (χ1) is 14.0. The average molecular weight is 441 g/mol. The van der Waals surface area contributed by atoms with E-state index in [1.165, 1.54) is 36.3 Å². The van der Waals surface area contributed by atoms with Crippen LogP contribution in [0.5, 0.6) is 0 Å². The summed E-state index contributed by atoms with van der Waals surface area (Å²) in [5, 5.41) is 2.24. The van der Waals surface area contributed by atoms with Gasteiger partial charge in [-0.2, -0.15) is 8.78 Å². The molecule has 0 saturated carbocycles. The van der Waals surface area contributed by atoms with Gasteiger partial charge >= 0.3 is 5.76 Å². The van der Waals surface area contributed by atoms with E-state index in [0.29, 0.717) is 13.1 Å². The second-order valence-electron chi connectivity index (χ2n) is 6.29. The monoisotopic (exact) mass is 441 g/mol. The Hall–Kier alpha value is -3.08. The molecule has 0 saturated heterocycles. The lowest BCUT2D eigenvalue weighted by Crippen LogP contribution is -2.32. The summed E-state index contributed by atoms with van der Waals surface area (Å²) in [5.41, 5.74) is -1.36. The van der Waals surface area contributed by atoms with Crippen molar-refractivity contribution in [2.24, 2.45) is 7.05 Å². The molecule has 0 bridgehead atoms. The molecule has 0 unspecified atom stereocenters. The maximum absolute atomic E-state index is 13.0. The highest BCUT2D eigenvalue weighted by molar-refractivity contribution is 7.91. The Morgan fingerprint density at radius 3 is 2.33 bits per heavy atom. The molecule has 1 aromatic heterocycles. The van der Waals surface area contributed by atoms with E-state index >= 15 is 0 Å². The lowest BCUT2D eigenvalue weighted by Gasteiger charge is -2.19. The number of rotatable bonds is 7. The number of carbonyl (C=O) groups is 2. The highest BCUT2D eigenvalue weighted by Crippen LogP contribution is 2.23. The largest absolute Gasteiger partial charge is 0.341 e. The molecule has 0 atom stereocenters. The van der Waals surface area contributed by atoms with Crippen LogP contribution in [0.2, 0.25) is 0 Å². The van der Waals surface area contributed by atoms with Gasteiger partial charge in [-0.3, -0.25) is 14.4 Å². The van der Waals surface area contributed by atoms with E-state index in [1.807, 2.05) is 0 Å². The lowest BCUT2D eigenvalue weighted by atomic mass is 10.2. The summed E-state index contributed by atoms with van der Waals surface area (Å²) in [6.45, 7) is 4.43. The summed E-state index contributed by atoms with van der Waals surface area (Å²) < 4.78 is 50.7. The fourth-order valence-electron chi connectivity index (χ4n) is 2.80. The smallest absolute Gasteiger partial charge is 0.339 e. The number of aryl methyl sites for hydroxylation is 1. The van der Waals surface area contributed by atoms with E-state index in [9.17, 15) is 31.6 Å². The van der Waals surface area contributed by atoms with E-state index in [4.69, 9.17) is 0 Å². The summed E-state index contributed by atoms with van der Waals surface area (Å²) in [6, 6.07) is 5.62. The van der Waals surface area contributed by atoms with Crippen LogP contribution in [0, 0.1) is 0 Å². The minimum Gasteiger partial charge on any atom is -0.339 e. The molecule has 8 nitrogen and oxygen atoms in total. The van der Waals surface area contributed by atoms with Gasteiger partial charge in [0.25, 0.3) is 17.4 Å². The van der Waals surface area contributed by atoms with Crippen LogP contribution in [-0.4, -0.2) is 48.5 Å². The number of carbonyl (C=O) groups excluding carboxylic acids is 2. The lowest BCUT2D eigenvalue weighted by molar-refractivity contribution is 0.0771. The number of hydrogen-bond acceptors (Lipinski definition) is 5. The number of anilines is 1. The molecular formula is C19H21F2N3O5S. The number of alkyl halides is 2. The molecule has 162 valence electrons. The third-order valence-electron chi connectivity index (χ3n) is 4.40. The van der Waals surface area contributed by atoms with Gasteiger partial charge < -0.3 is 14.8 Å². The van der Waals surface area contributed by atoms with Crippen LogP contribution in [0.15, 0.2) is 46.2 Å². The van der Waals surface area contributed by atoms with Crippen LogP contribution < -0.4 is 10.9 Å². The van der Waals surface area contributed by atoms with Gasteiger partial charge in [-0.1, -0.05) is 12.1 Å². The molecule has 1 heterocycles. The quantitative estimate of drug-likeness (QED) is 0.709. The van der Waals surface area contributed by atoms with Crippen molar-refractivity contribution in [3.63, 3.8) is 0 Å². The van der Waals surface area contributed by atoms with Crippen molar-refractivity contribution in [3.8, 4) is 0 Å². The van der Waals surface area contributed by atoms with E-state index in [1.54, 1.807) is 13.8 Å². The SMILES string of the molecule is CCN(CC)C(=O)c1cc(NC(=O)c2ccccc2S(=O)(=O)C(F)F)c(=O)n(C)c1. The second-order valence-corrected chi connectivity index (χ2v) is 8.18. The van der Waals surface area contributed by atoms with Gasteiger partial charge in [-0.15, -0.1) is 0 Å². The van der Waals surface area contributed by atoms with E-state index in [2.05, 4.69) is 5.32 Å². The van der Waals surface area contributed by atoms with Crippen LogP contribution in [0.4, 0.5) is 14.5 Å². The van der Waals surface area contributed by atoms with E-state index in [0.717, 1.165) is 16.7 Å². The minimum atomic E-state index is -5.04. The minimum absolute atomic E-state index is 0.129. The summed E-state index contributed by atoms with van der Waals surface area (Å²) in [6.07, 6.45) is 1.31. The van der Waals surface area contributed by atoms with Crippen molar-refractivity contribution in [2.75, 3.05) is 18.4 Å². The maximum atomic E-state index is 13.0. The van der Waals surface area contributed by atoms with Crippen molar-refractivity contribution in [1.29, 1.82) is 0 Å². The number of aromatic nitrogens is 1. The molecule has 2 amide bonds. The summed E-state index contributed by atoms with van der Waals surface area (Å²) in [4.78, 5) is 38.3. The number of pyridine rings is 1. The van der Waals surface area contributed by atoms with Gasteiger partial charge in [0.05, 0.1) is 16.0 Å². The fourth-order valence-corrected chi connectivity index (χ4v) is 3.73. The van der Waals surface area contributed by atoms with Gasteiger partial charge in [0.2, 0.25) is 9.84 Å². The molecule has 30 heavy (non-hydrogen) atoms. The molecular weight excluding hydrogens is 420 g/mol. The van der Waals surface area contributed by atoms with Crippen molar-refractivity contribution in [2.45, 2.75) is 24.5 Å². The Balaban J connectivity index is 2.49. The zero-order valence-corrected chi connectivity index (χ0v) is 17.4. The molecule has 0 radical (unpaired) electrons. The molecule has 0 spiro atoms. The Labute approximate surface area is 172 Å². The Morgan fingerprint density at radius 2 is 1.77 bits per heavy atom. The standard InChI is InChI=1S/C19H21F2N3O5S/c1-4-24(5-2)17(26)12-10-14(18(27)23(3)11-12)22-16(25)13-8-6-7-9-15(13)30(28,29)19(20)21/h6-11,19H,4-5H2,1-3H3,(H,22,25). The number of hydrogen-bond donors (Lipinski definition) is 1. The Kier molecular flexibility index (Phi) is 7.08. The number of benzene rings is 1. The Bertz CT molecular complexity index is 1130. The highest BCUT2D eigenvalue weighted by atomic mass is 32.2. The molecule has 1 aromatic carbocycles. The molecule has 11 heteroatoms. The molecule has 0 aliphatic carbocycles. The van der Waals surface area contributed by atoms with Gasteiger partial charge in [0.15, 0.2) is 0 Å². The third-order valence-corrected chi connectivity index (χ3v) is 5.84. The second kappa shape index (κ2) is 9.16. The van der Waals surface area contributed by atoms with Crippen LogP contribution in [0.3, 0.4) is 0 Å². The number of nitrogens with zero attached hydrogens (tertiary/aromatic N) is 2. The molecule has 1 N–H and O–H groups in total. The van der Waals surface area contributed by atoms with Crippen molar-refractivity contribution < 1.29 is 26.8 Å². The summed E-state index contributed by atoms with van der Waals surface area (Å²) in [7, 11) is -3.66. The molecule has 0 aliphatic rings. The molecule has 2 aromatic rings. The van der Waals surface area contributed by atoms with Gasteiger partial charge in [0, 0.05) is 26.3 Å². The average Bonchev–Trinajstić information content (AvgIpc) is 2.71. The zero-order chi connectivity index (χ0) is 22.6. The topological polar surface area (TPSA) is 106 Å². The maximum Gasteiger partial charge on any atom is 0.341 e. The van der Waals surface area contributed by atoms with Crippen LogP contribution in [-0.2, 0) is 16.9 Å². The Morgan fingerprint density at radius 1 is 1.17 bits per heavy atom. The number of sulfone groups is 1. The summed E-state index contributed by atoms with van der Waals surface area (Å²) >= 11 is 0. The molecule has 0 fully saturated rings. The fraction of sp³-hybridized carbons (Fsp3) is 0.316. The predicted octanol–water partition coefficient (Wildman–Crippen LogP) is 2.12. The van der Waals surface area contributed by atoms with Crippen LogP contribution >= 0.6 is 0 Å². The predicted molar refractivity (Wildman–Crippen MR) is 107 cm³/mol. The zero-order valence-electron chi connectivity index (χ0n) is 16.6.